The van der Waals surface area contributed by atoms with Crippen LogP contribution in [0.15, 0.2) is 60.0 Å². The molecule has 0 aliphatic carbocycles. The van der Waals surface area contributed by atoms with Gasteiger partial charge in [0.05, 0.1) is 23.5 Å². The van der Waals surface area contributed by atoms with Gasteiger partial charge >= 0.3 is 0 Å². The van der Waals surface area contributed by atoms with Gasteiger partial charge in [0.15, 0.2) is 11.5 Å². The first-order valence-electron chi connectivity index (χ1n) is 11.5. The van der Waals surface area contributed by atoms with Crippen LogP contribution in [-0.4, -0.2) is 24.3 Å². The van der Waals surface area contributed by atoms with Crippen LogP contribution in [0.5, 0.6) is 11.5 Å². The van der Waals surface area contributed by atoms with E-state index in [4.69, 9.17) is 9.47 Å². The van der Waals surface area contributed by atoms with E-state index in [1.54, 1.807) is 17.4 Å². The van der Waals surface area contributed by atoms with E-state index < -0.39 is 10.6 Å². The molecule has 1 spiro atoms. The Hall–Kier alpha value is -3.32. The van der Waals surface area contributed by atoms with Gasteiger partial charge in [-0.05, 0) is 68.3 Å². The molecule has 3 aromatic rings. The van der Waals surface area contributed by atoms with Gasteiger partial charge in [0, 0.05) is 28.7 Å². The molecule has 0 bridgehead atoms. The van der Waals surface area contributed by atoms with Crippen LogP contribution in [0.2, 0.25) is 0 Å². The van der Waals surface area contributed by atoms with Crippen LogP contribution >= 0.6 is 11.3 Å². The average Bonchev–Trinajstić information content (AvgIpc) is 3.41. The summed E-state index contributed by atoms with van der Waals surface area (Å²) in [6.07, 6.45) is 7.19. The molecule has 176 valence electrons. The number of nitrogens with zero attached hydrogens (tertiary/aromatic N) is 2. The number of thiophene rings is 1. The van der Waals surface area contributed by atoms with E-state index in [0.717, 1.165) is 31.5 Å². The normalized spacial score (nSPS) is 19.6. The molecule has 0 saturated heterocycles. The first-order chi connectivity index (χ1) is 16.4. The van der Waals surface area contributed by atoms with Crippen molar-refractivity contribution in [2.24, 2.45) is 0 Å². The highest BCUT2D eigenvalue weighted by atomic mass is 32.1. The quantitative estimate of drug-likeness (QED) is 0.219. The molecule has 1 unspecified atom stereocenters. The van der Waals surface area contributed by atoms with Crippen molar-refractivity contribution >= 4 is 28.8 Å². The fourth-order valence-corrected chi connectivity index (χ4v) is 5.98. The van der Waals surface area contributed by atoms with Gasteiger partial charge in [0.2, 0.25) is 5.72 Å². The Morgan fingerprint density at radius 2 is 1.97 bits per heavy atom. The minimum Gasteiger partial charge on any atom is -0.493 e. The molecule has 1 atom stereocenters. The van der Waals surface area contributed by atoms with E-state index in [0.29, 0.717) is 17.1 Å². The average molecular weight is 477 g/mol. The lowest BCUT2D eigenvalue weighted by atomic mass is 9.76. The van der Waals surface area contributed by atoms with Crippen molar-refractivity contribution in [1.29, 1.82) is 0 Å². The van der Waals surface area contributed by atoms with Crippen molar-refractivity contribution in [1.82, 2.24) is 0 Å². The van der Waals surface area contributed by atoms with Gasteiger partial charge < -0.3 is 14.4 Å². The molecule has 0 radical (unpaired) electrons. The minimum absolute atomic E-state index is 0.0146. The van der Waals surface area contributed by atoms with Crippen LogP contribution < -0.4 is 14.4 Å². The maximum Gasteiger partial charge on any atom is 0.274 e. The van der Waals surface area contributed by atoms with E-state index in [1.807, 2.05) is 6.08 Å². The van der Waals surface area contributed by atoms with Gasteiger partial charge in [-0.25, -0.2) is 0 Å². The van der Waals surface area contributed by atoms with E-state index in [9.17, 15) is 10.1 Å². The van der Waals surface area contributed by atoms with Gasteiger partial charge in [0.1, 0.15) is 0 Å². The minimum atomic E-state index is -0.768. The highest BCUT2D eigenvalue weighted by molar-refractivity contribution is 7.09. The number of para-hydroxylation sites is 1. The second-order valence-electron chi connectivity index (χ2n) is 9.29. The molecule has 2 aliphatic heterocycles. The summed E-state index contributed by atoms with van der Waals surface area (Å²) in [5.41, 5.74) is 1.90. The lowest BCUT2D eigenvalue weighted by molar-refractivity contribution is -0.385. The standard InChI is InChI=1S/C27H28N2O4S/c1-26(2)22-11-4-5-12-23(22)28(15-7-6-9-21-10-8-16-34-21)27(26)14-13-19-17-20(29(30)31)18-24(32-3)25(19)33-27/h4-5,8,10-14,16-18H,6-7,9,15H2,1-3H3. The Morgan fingerprint density at radius 3 is 2.71 bits per heavy atom. The van der Waals surface area contributed by atoms with Crippen LogP contribution in [-0.2, 0) is 11.8 Å². The highest BCUT2D eigenvalue weighted by Crippen LogP contribution is 2.56. The summed E-state index contributed by atoms with van der Waals surface area (Å²) in [6, 6.07) is 15.7. The highest BCUT2D eigenvalue weighted by Gasteiger charge is 2.58. The van der Waals surface area contributed by atoms with E-state index in [-0.39, 0.29) is 11.1 Å². The lowest BCUT2D eigenvalue weighted by Crippen LogP contribution is -2.59. The number of benzene rings is 2. The summed E-state index contributed by atoms with van der Waals surface area (Å²) in [5.74, 6) is 0.914. The monoisotopic (exact) mass is 476 g/mol. The van der Waals surface area contributed by atoms with E-state index in [2.05, 4.69) is 66.6 Å². The number of hydrogen-bond acceptors (Lipinski definition) is 6. The molecule has 7 heteroatoms. The first kappa shape index (κ1) is 22.5. The van der Waals surface area contributed by atoms with Crippen molar-refractivity contribution in [3.63, 3.8) is 0 Å². The zero-order chi connectivity index (χ0) is 23.9. The van der Waals surface area contributed by atoms with Gasteiger partial charge in [-0.15, -0.1) is 11.3 Å². The van der Waals surface area contributed by atoms with E-state index >= 15 is 0 Å². The van der Waals surface area contributed by atoms with E-state index in [1.165, 1.54) is 23.6 Å². The Balaban J connectivity index is 1.52. The topological polar surface area (TPSA) is 64.8 Å². The number of anilines is 1. The molecular weight excluding hydrogens is 448 g/mol. The largest absolute Gasteiger partial charge is 0.493 e. The summed E-state index contributed by atoms with van der Waals surface area (Å²) in [6.45, 7) is 5.23. The molecule has 3 heterocycles. The molecule has 5 rings (SSSR count). The van der Waals surface area contributed by atoms with Gasteiger partial charge in [-0.2, -0.15) is 0 Å². The van der Waals surface area contributed by atoms with Crippen molar-refractivity contribution in [3.8, 4) is 11.5 Å². The molecule has 0 fully saturated rings. The second kappa shape index (κ2) is 8.47. The van der Waals surface area contributed by atoms with Crippen LogP contribution in [0, 0.1) is 10.1 Å². The number of non-ortho nitro benzene ring substituents is 1. The van der Waals surface area contributed by atoms with Gasteiger partial charge in [-0.3, -0.25) is 10.1 Å². The first-order valence-corrected chi connectivity index (χ1v) is 12.4. The van der Waals surface area contributed by atoms with Crippen LogP contribution in [0.4, 0.5) is 11.4 Å². The number of nitro groups is 1. The Bertz CT molecular complexity index is 1250. The van der Waals surface area contributed by atoms with Crippen molar-refractivity contribution in [3.05, 3.63) is 86.1 Å². The molecule has 2 aliphatic rings. The summed E-state index contributed by atoms with van der Waals surface area (Å²) in [4.78, 5) is 14.8. The zero-order valence-corrected chi connectivity index (χ0v) is 20.4. The molecule has 6 nitrogen and oxygen atoms in total. The maximum absolute atomic E-state index is 11.4. The van der Waals surface area contributed by atoms with Crippen LogP contribution in [0.3, 0.4) is 0 Å². The third kappa shape index (κ3) is 3.46. The summed E-state index contributed by atoms with van der Waals surface area (Å²) in [7, 11) is 1.52. The number of rotatable bonds is 7. The summed E-state index contributed by atoms with van der Waals surface area (Å²) in [5, 5.41) is 13.5. The molecule has 0 amide bonds. The SMILES string of the molecule is COc1cc([N+](=O)[O-])cc2c1OC1(C=C2)N(CCCCc2cccs2)c2ccccc2C1(C)C. The number of ether oxygens (including phenoxy) is 2. The molecule has 1 aromatic heterocycles. The smallest absolute Gasteiger partial charge is 0.274 e. The molecule has 0 N–H and O–H groups in total. The molecule has 2 aromatic carbocycles. The molecular formula is C27H28N2O4S. The van der Waals surface area contributed by atoms with Crippen molar-refractivity contribution in [2.75, 3.05) is 18.6 Å². The van der Waals surface area contributed by atoms with Gasteiger partial charge in [0.25, 0.3) is 5.69 Å². The van der Waals surface area contributed by atoms with Crippen molar-refractivity contribution < 1.29 is 14.4 Å². The fourth-order valence-electron chi connectivity index (χ4n) is 5.23. The van der Waals surface area contributed by atoms with Crippen LogP contribution in [0.25, 0.3) is 6.08 Å². The number of fused-ring (bicyclic) bond motifs is 2. The maximum atomic E-state index is 11.4. The third-order valence-electron chi connectivity index (χ3n) is 7.05. The molecule has 0 saturated carbocycles. The number of unbranched alkanes of at least 4 members (excludes halogenated alkanes) is 1. The number of nitro benzene ring substituents is 1. The van der Waals surface area contributed by atoms with Crippen LogP contribution in [0.1, 0.15) is 42.7 Å². The fraction of sp³-hybridized carbons (Fsp3) is 0.333. The predicted octanol–water partition coefficient (Wildman–Crippen LogP) is 6.59. The summed E-state index contributed by atoms with van der Waals surface area (Å²) < 4.78 is 12.4. The number of aryl methyl sites for hydroxylation is 1. The second-order valence-corrected chi connectivity index (χ2v) is 10.3. The lowest BCUT2D eigenvalue weighted by Gasteiger charge is -2.47. The number of methoxy groups -OCH3 is 1. The predicted molar refractivity (Wildman–Crippen MR) is 136 cm³/mol. The Morgan fingerprint density at radius 1 is 1.15 bits per heavy atom. The Labute approximate surface area is 203 Å². The Kier molecular flexibility index (Phi) is 5.60. The van der Waals surface area contributed by atoms with Crippen molar-refractivity contribution in [2.45, 2.75) is 44.2 Å². The summed E-state index contributed by atoms with van der Waals surface area (Å²) >= 11 is 1.80. The third-order valence-corrected chi connectivity index (χ3v) is 7.98. The van der Waals surface area contributed by atoms with Gasteiger partial charge in [-0.1, -0.05) is 24.3 Å². The number of hydrogen-bond donors (Lipinski definition) is 0. The molecule has 34 heavy (non-hydrogen) atoms. The zero-order valence-electron chi connectivity index (χ0n) is 19.6.